The number of benzene rings is 1. The van der Waals surface area contributed by atoms with Gasteiger partial charge in [-0.3, -0.25) is 4.90 Å². The Labute approximate surface area is 140 Å². The first-order chi connectivity index (χ1) is 11.4. The van der Waals surface area contributed by atoms with Crippen molar-refractivity contribution >= 4 is 9.84 Å². The minimum Gasteiger partial charge on any atom is -0.497 e. The molecule has 24 heavy (non-hydrogen) atoms. The van der Waals surface area contributed by atoms with E-state index in [1.807, 2.05) is 0 Å². The number of ether oxygens (including phenoxy) is 1. The molecule has 0 saturated heterocycles. The number of hydrogen-bond acceptors (Lipinski definition) is 6. The van der Waals surface area contributed by atoms with Gasteiger partial charge in [0.25, 0.3) is 0 Å². The van der Waals surface area contributed by atoms with Crippen molar-refractivity contribution in [2.45, 2.75) is 24.7 Å². The van der Waals surface area contributed by atoms with E-state index in [-0.39, 0.29) is 11.0 Å². The second kappa shape index (κ2) is 6.45. The van der Waals surface area contributed by atoms with E-state index in [1.165, 1.54) is 6.07 Å². The zero-order valence-corrected chi connectivity index (χ0v) is 14.3. The molecule has 1 aliphatic heterocycles. The number of sulfone groups is 1. The molecule has 0 N–H and O–H groups in total. The van der Waals surface area contributed by atoms with E-state index in [0.29, 0.717) is 37.4 Å². The number of nitrogens with zero attached hydrogens (tertiary/aromatic N) is 3. The van der Waals surface area contributed by atoms with Gasteiger partial charge < -0.3 is 4.74 Å². The average molecular weight is 351 g/mol. The maximum atomic E-state index is 14.0. The standard InChI is InChI=1S/C16H18FN3O3S/c1-23-13-3-4-14(17)11(7-13)9-20-6-5-15-12(10-20)8-18-16(19-15)24(2,21)22/h3-4,7-8H,5-6,9-10H2,1-2H3. The van der Waals surface area contributed by atoms with Gasteiger partial charge in [-0.15, -0.1) is 0 Å². The molecule has 0 atom stereocenters. The summed E-state index contributed by atoms with van der Waals surface area (Å²) in [5.41, 5.74) is 2.18. The fourth-order valence-electron chi connectivity index (χ4n) is 2.71. The van der Waals surface area contributed by atoms with Gasteiger partial charge in [-0.25, -0.2) is 22.8 Å². The summed E-state index contributed by atoms with van der Waals surface area (Å²) in [6.45, 7) is 1.66. The Kier molecular flexibility index (Phi) is 4.51. The largest absolute Gasteiger partial charge is 0.497 e. The van der Waals surface area contributed by atoms with Gasteiger partial charge in [-0.2, -0.15) is 0 Å². The molecule has 0 unspecified atom stereocenters. The predicted octanol–water partition coefficient (Wildman–Crippen LogP) is 1.59. The number of hydrogen-bond donors (Lipinski definition) is 0. The molecule has 2 aromatic rings. The molecule has 128 valence electrons. The summed E-state index contributed by atoms with van der Waals surface area (Å²) in [6, 6.07) is 4.67. The molecule has 2 heterocycles. The summed E-state index contributed by atoms with van der Waals surface area (Å²) >= 11 is 0. The first kappa shape index (κ1) is 16.8. The van der Waals surface area contributed by atoms with E-state index in [1.54, 1.807) is 25.4 Å². The Morgan fingerprint density at radius 1 is 1.38 bits per heavy atom. The topological polar surface area (TPSA) is 72.4 Å². The molecule has 1 aliphatic rings. The van der Waals surface area contributed by atoms with Gasteiger partial charge >= 0.3 is 0 Å². The number of methoxy groups -OCH3 is 1. The summed E-state index contributed by atoms with van der Waals surface area (Å²) < 4.78 is 42.2. The second-order valence-electron chi connectivity index (χ2n) is 5.81. The third kappa shape index (κ3) is 3.54. The SMILES string of the molecule is COc1ccc(F)c(CN2CCc3nc(S(C)(=O)=O)ncc3C2)c1. The van der Waals surface area contributed by atoms with Gasteiger partial charge in [0, 0.05) is 49.6 Å². The molecule has 0 aliphatic carbocycles. The lowest BCUT2D eigenvalue weighted by Crippen LogP contribution is -2.31. The van der Waals surface area contributed by atoms with Crippen LogP contribution in [0.25, 0.3) is 0 Å². The van der Waals surface area contributed by atoms with E-state index in [2.05, 4.69) is 14.9 Å². The van der Waals surface area contributed by atoms with Crippen molar-refractivity contribution in [3.63, 3.8) is 0 Å². The van der Waals surface area contributed by atoms with E-state index in [4.69, 9.17) is 4.74 Å². The molecule has 0 amide bonds. The zero-order chi connectivity index (χ0) is 17.3. The van der Waals surface area contributed by atoms with Crippen LogP contribution in [-0.2, 0) is 29.3 Å². The Bertz CT molecular complexity index is 871. The number of rotatable bonds is 4. The van der Waals surface area contributed by atoms with E-state index >= 15 is 0 Å². The lowest BCUT2D eigenvalue weighted by molar-refractivity contribution is 0.238. The van der Waals surface area contributed by atoms with Gasteiger partial charge in [-0.05, 0) is 18.2 Å². The summed E-state index contributed by atoms with van der Waals surface area (Å²) in [4.78, 5) is 10.2. The highest BCUT2D eigenvalue weighted by molar-refractivity contribution is 7.90. The highest BCUT2D eigenvalue weighted by Gasteiger charge is 2.21. The molecular formula is C16H18FN3O3S. The van der Waals surface area contributed by atoms with Crippen LogP contribution in [0.15, 0.2) is 29.6 Å². The molecule has 0 fully saturated rings. The maximum Gasteiger partial charge on any atom is 0.246 e. The zero-order valence-electron chi connectivity index (χ0n) is 13.5. The first-order valence-electron chi connectivity index (χ1n) is 7.46. The van der Waals surface area contributed by atoms with E-state index in [9.17, 15) is 12.8 Å². The van der Waals surface area contributed by atoms with Crippen LogP contribution in [0, 0.1) is 5.82 Å². The molecule has 0 saturated carbocycles. The highest BCUT2D eigenvalue weighted by Crippen LogP contribution is 2.22. The van der Waals surface area contributed by atoms with Crippen LogP contribution >= 0.6 is 0 Å². The quantitative estimate of drug-likeness (QED) is 0.779. The lowest BCUT2D eigenvalue weighted by Gasteiger charge is -2.28. The van der Waals surface area contributed by atoms with Crippen LogP contribution in [0.2, 0.25) is 0 Å². The monoisotopic (exact) mass is 351 g/mol. The van der Waals surface area contributed by atoms with Gasteiger partial charge in [0.05, 0.1) is 12.8 Å². The molecule has 8 heteroatoms. The summed E-state index contributed by atoms with van der Waals surface area (Å²) in [7, 11) is -1.86. The number of aromatic nitrogens is 2. The molecule has 3 rings (SSSR count). The van der Waals surface area contributed by atoms with Crippen molar-refractivity contribution in [1.82, 2.24) is 14.9 Å². The maximum absolute atomic E-state index is 14.0. The van der Waals surface area contributed by atoms with Crippen LogP contribution in [0.4, 0.5) is 4.39 Å². The fraction of sp³-hybridized carbons (Fsp3) is 0.375. The second-order valence-corrected chi connectivity index (χ2v) is 7.72. The predicted molar refractivity (Wildman–Crippen MR) is 85.9 cm³/mol. The van der Waals surface area contributed by atoms with Gasteiger partial charge in [-0.1, -0.05) is 0 Å². The van der Waals surface area contributed by atoms with Crippen molar-refractivity contribution in [3.8, 4) is 5.75 Å². The molecule has 0 spiro atoms. The molecule has 6 nitrogen and oxygen atoms in total. The smallest absolute Gasteiger partial charge is 0.246 e. The normalized spacial score (nSPS) is 15.1. The summed E-state index contributed by atoms with van der Waals surface area (Å²) in [5.74, 6) is 0.343. The van der Waals surface area contributed by atoms with Crippen molar-refractivity contribution in [3.05, 3.63) is 47.0 Å². The average Bonchev–Trinajstić information content (AvgIpc) is 2.55. The van der Waals surface area contributed by atoms with Crippen LogP contribution in [0.3, 0.4) is 0 Å². The van der Waals surface area contributed by atoms with Crippen molar-refractivity contribution in [2.24, 2.45) is 0 Å². The minimum atomic E-state index is -3.41. The molecule has 0 radical (unpaired) electrons. The van der Waals surface area contributed by atoms with Gasteiger partial charge in [0.1, 0.15) is 11.6 Å². The third-order valence-electron chi connectivity index (χ3n) is 3.97. The van der Waals surface area contributed by atoms with Gasteiger partial charge in [0.2, 0.25) is 15.0 Å². The van der Waals surface area contributed by atoms with Crippen LogP contribution in [0.5, 0.6) is 5.75 Å². The Morgan fingerprint density at radius 2 is 2.17 bits per heavy atom. The molecular weight excluding hydrogens is 333 g/mol. The Morgan fingerprint density at radius 3 is 2.88 bits per heavy atom. The lowest BCUT2D eigenvalue weighted by atomic mass is 10.1. The summed E-state index contributed by atoms with van der Waals surface area (Å²) in [6.07, 6.45) is 3.24. The Balaban J connectivity index is 1.78. The number of fused-ring (bicyclic) bond motifs is 1. The third-order valence-corrected chi connectivity index (χ3v) is 4.83. The Hall–Kier alpha value is -2.06. The molecule has 1 aromatic carbocycles. The van der Waals surface area contributed by atoms with Crippen molar-refractivity contribution in [2.75, 3.05) is 19.9 Å². The first-order valence-corrected chi connectivity index (χ1v) is 9.35. The fourth-order valence-corrected chi connectivity index (χ4v) is 3.23. The number of halogens is 1. The van der Waals surface area contributed by atoms with E-state index in [0.717, 1.165) is 17.5 Å². The van der Waals surface area contributed by atoms with Crippen LogP contribution in [-0.4, -0.2) is 43.2 Å². The summed E-state index contributed by atoms with van der Waals surface area (Å²) in [5, 5.41) is -0.145. The van der Waals surface area contributed by atoms with Crippen LogP contribution in [0.1, 0.15) is 16.8 Å². The van der Waals surface area contributed by atoms with Crippen molar-refractivity contribution in [1.29, 1.82) is 0 Å². The van der Waals surface area contributed by atoms with Gasteiger partial charge in [0.15, 0.2) is 0 Å². The van der Waals surface area contributed by atoms with Crippen molar-refractivity contribution < 1.29 is 17.5 Å². The molecule has 0 bridgehead atoms. The molecule has 1 aromatic heterocycles. The minimum absolute atomic E-state index is 0.145. The highest BCUT2D eigenvalue weighted by atomic mass is 32.2. The van der Waals surface area contributed by atoms with E-state index < -0.39 is 9.84 Å². The van der Waals surface area contributed by atoms with Crippen LogP contribution < -0.4 is 4.74 Å².